The molecule has 3 aromatic carbocycles. The van der Waals surface area contributed by atoms with Gasteiger partial charge in [-0.05, 0) is 79.1 Å². The topological polar surface area (TPSA) is 88.1 Å². The second kappa shape index (κ2) is 12.0. The van der Waals surface area contributed by atoms with E-state index < -0.39 is 22.5 Å². The molecule has 3 rings (SSSR count). The summed E-state index contributed by atoms with van der Waals surface area (Å²) in [7, 11) is -3.98. The van der Waals surface area contributed by atoms with Gasteiger partial charge in [0.1, 0.15) is 12.3 Å². The molecule has 184 valence electrons. The Bertz CT molecular complexity index is 1260. The lowest BCUT2D eigenvalue weighted by atomic mass is 10.2. The van der Waals surface area contributed by atoms with Crippen LogP contribution >= 0.6 is 15.9 Å². The van der Waals surface area contributed by atoms with E-state index in [4.69, 9.17) is 4.74 Å². The first-order valence-corrected chi connectivity index (χ1v) is 13.3. The summed E-state index contributed by atoms with van der Waals surface area (Å²) in [6, 6.07) is 20.5. The highest BCUT2D eigenvalue weighted by atomic mass is 79.9. The Balaban J connectivity index is 1.72. The van der Waals surface area contributed by atoms with Crippen molar-refractivity contribution in [3.63, 3.8) is 0 Å². The fourth-order valence-electron chi connectivity index (χ4n) is 3.02. The molecular formula is C26H28BrN3O4S. The zero-order chi connectivity index (χ0) is 25.4. The van der Waals surface area contributed by atoms with Crippen molar-refractivity contribution in [2.24, 2.45) is 11.0 Å². The fourth-order valence-corrected chi connectivity index (χ4v) is 4.70. The highest BCUT2D eigenvalue weighted by Crippen LogP contribution is 2.25. The van der Waals surface area contributed by atoms with E-state index in [2.05, 4.69) is 40.3 Å². The second-order valence-electron chi connectivity index (χ2n) is 8.37. The molecule has 0 radical (unpaired) electrons. The van der Waals surface area contributed by atoms with Crippen LogP contribution in [0.2, 0.25) is 0 Å². The summed E-state index contributed by atoms with van der Waals surface area (Å²) in [4.78, 5) is 12.8. The van der Waals surface area contributed by atoms with Crippen LogP contribution in [0.1, 0.15) is 25.0 Å². The minimum atomic E-state index is -3.98. The number of benzene rings is 3. The van der Waals surface area contributed by atoms with Gasteiger partial charge in [-0.3, -0.25) is 9.10 Å². The summed E-state index contributed by atoms with van der Waals surface area (Å²) in [6.07, 6.45) is 1.49. The van der Waals surface area contributed by atoms with Crippen molar-refractivity contribution in [2.75, 3.05) is 17.5 Å². The van der Waals surface area contributed by atoms with Crippen molar-refractivity contribution in [1.82, 2.24) is 5.43 Å². The SMILES string of the molecule is Cc1ccc(S(=O)(=O)N(CC(=O)N/N=C\c2ccc(OCC(C)C)cc2)c2ccc(Br)cc2)cc1. The molecule has 0 bridgehead atoms. The van der Waals surface area contributed by atoms with Crippen LogP contribution in [-0.4, -0.2) is 33.7 Å². The number of aryl methyl sites for hydroxylation is 1. The molecule has 1 N–H and O–H groups in total. The summed E-state index contributed by atoms with van der Waals surface area (Å²) < 4.78 is 34.3. The molecule has 35 heavy (non-hydrogen) atoms. The van der Waals surface area contributed by atoms with E-state index in [0.29, 0.717) is 18.2 Å². The molecule has 3 aromatic rings. The molecule has 0 heterocycles. The molecule has 0 saturated carbocycles. The molecule has 0 aliphatic carbocycles. The number of nitrogens with zero attached hydrogens (tertiary/aromatic N) is 2. The molecule has 0 unspecified atom stereocenters. The van der Waals surface area contributed by atoms with Crippen molar-refractivity contribution in [3.05, 3.63) is 88.4 Å². The van der Waals surface area contributed by atoms with Gasteiger partial charge in [-0.1, -0.05) is 47.5 Å². The van der Waals surface area contributed by atoms with E-state index in [1.54, 1.807) is 36.4 Å². The van der Waals surface area contributed by atoms with E-state index in [0.717, 1.165) is 25.7 Å². The maximum atomic E-state index is 13.4. The third-order valence-corrected chi connectivity index (χ3v) is 7.19. The maximum Gasteiger partial charge on any atom is 0.264 e. The highest BCUT2D eigenvalue weighted by molar-refractivity contribution is 9.10. The summed E-state index contributed by atoms with van der Waals surface area (Å²) in [5.74, 6) is 0.612. The first-order chi connectivity index (χ1) is 16.6. The van der Waals surface area contributed by atoms with Crippen molar-refractivity contribution in [1.29, 1.82) is 0 Å². The van der Waals surface area contributed by atoms with E-state index >= 15 is 0 Å². The predicted octanol–water partition coefficient (Wildman–Crippen LogP) is 5.14. The number of rotatable bonds is 10. The molecule has 0 spiro atoms. The van der Waals surface area contributed by atoms with E-state index in [-0.39, 0.29) is 4.90 Å². The number of ether oxygens (including phenoxy) is 1. The Morgan fingerprint density at radius 1 is 1.03 bits per heavy atom. The van der Waals surface area contributed by atoms with Crippen LogP contribution in [0, 0.1) is 12.8 Å². The monoisotopic (exact) mass is 557 g/mol. The summed E-state index contributed by atoms with van der Waals surface area (Å²) in [6.45, 7) is 6.22. The molecular weight excluding hydrogens is 530 g/mol. The van der Waals surface area contributed by atoms with Crippen molar-refractivity contribution < 1.29 is 17.9 Å². The molecule has 0 aromatic heterocycles. The number of carbonyl (C=O) groups is 1. The lowest BCUT2D eigenvalue weighted by Gasteiger charge is -2.23. The number of halogens is 1. The molecule has 9 heteroatoms. The van der Waals surface area contributed by atoms with E-state index in [1.165, 1.54) is 18.3 Å². The van der Waals surface area contributed by atoms with Gasteiger partial charge in [0.25, 0.3) is 15.9 Å². The third-order valence-electron chi connectivity index (χ3n) is 4.88. The number of hydrogen-bond donors (Lipinski definition) is 1. The summed E-state index contributed by atoms with van der Waals surface area (Å²) >= 11 is 3.35. The smallest absolute Gasteiger partial charge is 0.264 e. The average molecular weight is 558 g/mol. The maximum absolute atomic E-state index is 13.4. The molecule has 0 atom stereocenters. The Hall–Kier alpha value is -3.17. The zero-order valence-electron chi connectivity index (χ0n) is 19.8. The van der Waals surface area contributed by atoms with Crippen molar-refractivity contribution in [2.45, 2.75) is 25.7 Å². The molecule has 0 fully saturated rings. The van der Waals surface area contributed by atoms with Crippen LogP contribution in [-0.2, 0) is 14.8 Å². The average Bonchev–Trinajstić information content (AvgIpc) is 2.83. The zero-order valence-corrected chi connectivity index (χ0v) is 22.2. The Kier molecular flexibility index (Phi) is 9.06. The highest BCUT2D eigenvalue weighted by Gasteiger charge is 2.27. The van der Waals surface area contributed by atoms with Gasteiger partial charge in [-0.25, -0.2) is 13.8 Å². The normalized spacial score (nSPS) is 11.6. The first-order valence-electron chi connectivity index (χ1n) is 11.0. The largest absolute Gasteiger partial charge is 0.493 e. The van der Waals surface area contributed by atoms with Crippen LogP contribution in [0.3, 0.4) is 0 Å². The standard InChI is InChI=1S/C26H28BrN3O4S/c1-19(2)18-34-24-12-6-21(7-13-24)16-28-29-26(31)17-30(23-10-8-22(27)9-11-23)35(32,33)25-14-4-20(3)5-15-25/h4-16,19H,17-18H2,1-3H3,(H,29,31)/b28-16-. The van der Waals surface area contributed by atoms with Gasteiger partial charge in [0.05, 0.1) is 23.4 Å². The second-order valence-corrected chi connectivity index (χ2v) is 11.1. The Morgan fingerprint density at radius 2 is 1.66 bits per heavy atom. The molecule has 0 aliphatic rings. The van der Waals surface area contributed by atoms with Gasteiger partial charge in [-0.15, -0.1) is 0 Å². The Labute approximate surface area is 215 Å². The van der Waals surface area contributed by atoms with Gasteiger partial charge in [-0.2, -0.15) is 5.10 Å². The van der Waals surface area contributed by atoms with Gasteiger partial charge >= 0.3 is 0 Å². The quantitative estimate of drug-likeness (QED) is 0.276. The number of anilines is 1. The van der Waals surface area contributed by atoms with Crippen LogP contribution in [0.4, 0.5) is 5.69 Å². The minimum absolute atomic E-state index is 0.0992. The number of amides is 1. The fraction of sp³-hybridized carbons (Fsp3) is 0.231. The molecule has 0 aliphatic heterocycles. The van der Waals surface area contributed by atoms with Gasteiger partial charge in [0, 0.05) is 4.47 Å². The number of nitrogens with one attached hydrogen (secondary N) is 1. The predicted molar refractivity (Wildman–Crippen MR) is 142 cm³/mol. The number of hydrogen-bond acceptors (Lipinski definition) is 5. The lowest BCUT2D eigenvalue weighted by Crippen LogP contribution is -2.39. The Morgan fingerprint density at radius 3 is 2.26 bits per heavy atom. The lowest BCUT2D eigenvalue weighted by molar-refractivity contribution is -0.119. The van der Waals surface area contributed by atoms with Gasteiger partial charge in [0.15, 0.2) is 0 Å². The van der Waals surface area contributed by atoms with E-state index in [1.807, 2.05) is 31.2 Å². The first kappa shape index (κ1) is 26.4. The minimum Gasteiger partial charge on any atom is -0.493 e. The van der Waals surface area contributed by atoms with Gasteiger partial charge in [0.2, 0.25) is 0 Å². The summed E-state index contributed by atoms with van der Waals surface area (Å²) in [5.41, 5.74) is 4.48. The van der Waals surface area contributed by atoms with Crippen LogP contribution in [0.25, 0.3) is 0 Å². The van der Waals surface area contributed by atoms with Crippen molar-refractivity contribution in [3.8, 4) is 5.75 Å². The van der Waals surface area contributed by atoms with Crippen LogP contribution in [0.5, 0.6) is 5.75 Å². The molecule has 7 nitrogen and oxygen atoms in total. The molecule has 1 amide bonds. The van der Waals surface area contributed by atoms with Crippen LogP contribution in [0.15, 0.2) is 87.3 Å². The van der Waals surface area contributed by atoms with Gasteiger partial charge < -0.3 is 4.74 Å². The summed E-state index contributed by atoms with van der Waals surface area (Å²) in [5, 5.41) is 3.98. The van der Waals surface area contributed by atoms with Crippen LogP contribution < -0.4 is 14.5 Å². The molecule has 0 saturated heterocycles. The number of sulfonamides is 1. The number of hydrazone groups is 1. The van der Waals surface area contributed by atoms with E-state index in [9.17, 15) is 13.2 Å². The number of carbonyl (C=O) groups excluding carboxylic acids is 1. The third kappa shape index (κ3) is 7.66. The van der Waals surface area contributed by atoms with Crippen molar-refractivity contribution >= 4 is 43.8 Å².